The number of fused-ring (bicyclic) bond motifs is 1. The van der Waals surface area contributed by atoms with Gasteiger partial charge in [0.2, 0.25) is 5.95 Å². The predicted molar refractivity (Wildman–Crippen MR) is 92.2 cm³/mol. The highest BCUT2D eigenvalue weighted by atomic mass is 16.2. The molecule has 1 aromatic heterocycles. The first-order valence-electron chi connectivity index (χ1n) is 8.41. The van der Waals surface area contributed by atoms with Gasteiger partial charge in [-0.3, -0.25) is 0 Å². The first-order chi connectivity index (χ1) is 11.7. The fourth-order valence-electron chi connectivity index (χ4n) is 3.10. The number of carbonyl (C=O) groups is 1. The largest absolute Gasteiger partial charge is 0.325 e. The third-order valence-electron chi connectivity index (χ3n) is 4.61. The summed E-state index contributed by atoms with van der Waals surface area (Å²) in [6.07, 6.45) is 3.74. The molecule has 2 aromatic rings. The quantitative estimate of drug-likeness (QED) is 0.923. The Kier molecular flexibility index (Phi) is 3.80. The van der Waals surface area contributed by atoms with Crippen molar-refractivity contribution >= 4 is 17.7 Å². The lowest BCUT2D eigenvalue weighted by Gasteiger charge is -2.37. The first-order valence-corrected chi connectivity index (χ1v) is 8.41. The van der Waals surface area contributed by atoms with Gasteiger partial charge in [-0.1, -0.05) is 12.1 Å². The molecule has 0 saturated carbocycles. The average Bonchev–Trinajstić information content (AvgIpc) is 2.52. The van der Waals surface area contributed by atoms with Crippen LogP contribution < -0.4 is 5.32 Å². The van der Waals surface area contributed by atoms with Gasteiger partial charge < -0.3 is 15.1 Å². The van der Waals surface area contributed by atoms with Crippen LogP contribution in [0.15, 0.2) is 30.5 Å². The fraction of sp³-hybridized carbons (Fsp3) is 0.389. The molecule has 1 aromatic carbocycles. The molecular weight excluding hydrogens is 302 g/mol. The molecule has 3 heterocycles. The van der Waals surface area contributed by atoms with E-state index in [9.17, 15) is 4.79 Å². The predicted octanol–water partition coefficient (Wildman–Crippen LogP) is 2.71. The molecule has 2 aliphatic rings. The van der Waals surface area contributed by atoms with Gasteiger partial charge in [-0.2, -0.15) is 0 Å². The van der Waals surface area contributed by atoms with E-state index in [4.69, 9.17) is 0 Å². The number of nitrogens with one attached hydrogen (secondary N) is 1. The molecule has 0 bridgehead atoms. The van der Waals surface area contributed by atoms with Gasteiger partial charge in [0.25, 0.3) is 0 Å². The van der Waals surface area contributed by atoms with E-state index in [2.05, 4.69) is 34.3 Å². The van der Waals surface area contributed by atoms with Crippen LogP contribution in [0.25, 0.3) is 0 Å². The van der Waals surface area contributed by atoms with Crippen molar-refractivity contribution in [1.29, 1.82) is 0 Å². The summed E-state index contributed by atoms with van der Waals surface area (Å²) in [5.74, 6) is 0.613. The van der Waals surface area contributed by atoms with E-state index in [0.29, 0.717) is 12.5 Å². The molecule has 0 atom stereocenters. The Bertz CT molecular complexity index is 772. The number of likely N-dealkylation sites (tertiary alicyclic amines) is 1. The van der Waals surface area contributed by atoms with E-state index in [0.717, 1.165) is 49.4 Å². The molecule has 0 aliphatic carbocycles. The number of rotatable bonds is 2. The smallest absolute Gasteiger partial charge is 0.320 e. The summed E-state index contributed by atoms with van der Waals surface area (Å²) in [4.78, 5) is 25.2. The first kappa shape index (κ1) is 14.9. The highest BCUT2D eigenvalue weighted by Gasteiger charge is 2.28. The topological polar surface area (TPSA) is 61.4 Å². The lowest BCUT2D eigenvalue weighted by Crippen LogP contribution is -2.50. The van der Waals surface area contributed by atoms with Gasteiger partial charge in [0.05, 0.1) is 12.2 Å². The minimum absolute atomic E-state index is 0.147. The molecule has 124 valence electrons. The monoisotopic (exact) mass is 323 g/mol. The Morgan fingerprint density at radius 1 is 1.21 bits per heavy atom. The number of urea groups is 1. The summed E-state index contributed by atoms with van der Waals surface area (Å²) in [7, 11) is 0. The molecule has 24 heavy (non-hydrogen) atoms. The maximum absolute atomic E-state index is 12.3. The van der Waals surface area contributed by atoms with E-state index >= 15 is 0 Å². The molecular formula is C18H21N5O. The molecule has 6 heteroatoms. The van der Waals surface area contributed by atoms with Crippen LogP contribution in [-0.4, -0.2) is 45.4 Å². The molecule has 0 radical (unpaired) electrons. The number of hydrogen-bond donors (Lipinski definition) is 1. The zero-order valence-corrected chi connectivity index (χ0v) is 13.8. The lowest BCUT2D eigenvalue weighted by molar-refractivity contribution is 0.122. The van der Waals surface area contributed by atoms with E-state index in [-0.39, 0.29) is 6.03 Å². The molecule has 1 fully saturated rings. The van der Waals surface area contributed by atoms with Gasteiger partial charge in [-0.15, -0.1) is 0 Å². The van der Waals surface area contributed by atoms with Crippen molar-refractivity contribution in [2.24, 2.45) is 0 Å². The van der Waals surface area contributed by atoms with Gasteiger partial charge in [-0.05, 0) is 31.0 Å². The molecule has 2 amide bonds. The van der Waals surface area contributed by atoms with Gasteiger partial charge in [0.15, 0.2) is 0 Å². The van der Waals surface area contributed by atoms with Crippen LogP contribution in [0.4, 0.5) is 16.4 Å². The second kappa shape index (κ2) is 6.11. The van der Waals surface area contributed by atoms with E-state index < -0.39 is 0 Å². The van der Waals surface area contributed by atoms with E-state index in [1.54, 1.807) is 0 Å². The summed E-state index contributed by atoms with van der Waals surface area (Å²) in [6, 6.07) is 8.28. The SMILES string of the molecule is Cc1cccc(Nc2ncc3c(n2)CCN(C(=O)N2CCC2)C3)c1. The van der Waals surface area contributed by atoms with Crippen LogP contribution in [0.5, 0.6) is 0 Å². The van der Waals surface area contributed by atoms with Crippen molar-refractivity contribution in [3.8, 4) is 0 Å². The second-order valence-corrected chi connectivity index (χ2v) is 6.45. The Hall–Kier alpha value is -2.63. The molecule has 6 nitrogen and oxygen atoms in total. The standard InChI is InChI=1S/C18H21N5O/c1-13-4-2-5-15(10-13)20-17-19-11-14-12-23(9-6-16(14)21-17)18(24)22-7-3-8-22/h2,4-5,10-11H,3,6-9,12H2,1H3,(H,19,20,21). The van der Waals surface area contributed by atoms with E-state index in [1.807, 2.05) is 28.1 Å². The van der Waals surface area contributed by atoms with Crippen molar-refractivity contribution in [2.75, 3.05) is 25.0 Å². The maximum atomic E-state index is 12.3. The van der Waals surface area contributed by atoms with Crippen molar-refractivity contribution in [2.45, 2.75) is 26.3 Å². The van der Waals surface area contributed by atoms with Crippen molar-refractivity contribution in [3.63, 3.8) is 0 Å². The third-order valence-corrected chi connectivity index (χ3v) is 4.61. The van der Waals surface area contributed by atoms with Gasteiger partial charge in [0.1, 0.15) is 0 Å². The molecule has 1 N–H and O–H groups in total. The van der Waals surface area contributed by atoms with Crippen LogP contribution in [0.2, 0.25) is 0 Å². The number of benzene rings is 1. The Morgan fingerprint density at radius 3 is 2.83 bits per heavy atom. The Morgan fingerprint density at radius 2 is 2.08 bits per heavy atom. The van der Waals surface area contributed by atoms with Crippen LogP contribution in [0.1, 0.15) is 23.2 Å². The fourth-order valence-corrected chi connectivity index (χ4v) is 3.10. The minimum atomic E-state index is 0.147. The Labute approximate surface area is 141 Å². The number of aryl methyl sites for hydroxylation is 1. The summed E-state index contributed by atoms with van der Waals surface area (Å²) < 4.78 is 0. The minimum Gasteiger partial charge on any atom is -0.325 e. The number of amides is 2. The van der Waals surface area contributed by atoms with Gasteiger partial charge in [0, 0.05) is 43.5 Å². The summed E-state index contributed by atoms with van der Waals surface area (Å²) in [5.41, 5.74) is 4.26. The highest BCUT2D eigenvalue weighted by molar-refractivity contribution is 5.75. The number of aromatic nitrogens is 2. The van der Waals surface area contributed by atoms with Gasteiger partial charge in [-0.25, -0.2) is 14.8 Å². The van der Waals surface area contributed by atoms with Crippen LogP contribution in [0.3, 0.4) is 0 Å². The van der Waals surface area contributed by atoms with Crippen LogP contribution in [-0.2, 0) is 13.0 Å². The molecule has 0 unspecified atom stereocenters. The summed E-state index contributed by atoms with van der Waals surface area (Å²) >= 11 is 0. The van der Waals surface area contributed by atoms with Crippen LogP contribution >= 0.6 is 0 Å². The van der Waals surface area contributed by atoms with Crippen LogP contribution in [0, 0.1) is 6.92 Å². The zero-order chi connectivity index (χ0) is 16.5. The number of hydrogen-bond acceptors (Lipinski definition) is 4. The number of carbonyl (C=O) groups excluding carboxylic acids is 1. The summed E-state index contributed by atoms with van der Waals surface area (Å²) in [6.45, 7) is 5.16. The van der Waals surface area contributed by atoms with Crippen molar-refractivity contribution < 1.29 is 4.79 Å². The average molecular weight is 323 g/mol. The van der Waals surface area contributed by atoms with E-state index in [1.165, 1.54) is 5.56 Å². The molecule has 1 saturated heterocycles. The van der Waals surface area contributed by atoms with Crippen molar-refractivity contribution in [3.05, 3.63) is 47.3 Å². The summed E-state index contributed by atoms with van der Waals surface area (Å²) in [5, 5.41) is 3.25. The Balaban J connectivity index is 1.47. The van der Waals surface area contributed by atoms with Gasteiger partial charge >= 0.3 is 6.03 Å². The maximum Gasteiger partial charge on any atom is 0.320 e. The normalized spacial score (nSPS) is 16.4. The highest BCUT2D eigenvalue weighted by Crippen LogP contribution is 2.22. The third kappa shape index (κ3) is 2.91. The molecule has 0 spiro atoms. The lowest BCUT2D eigenvalue weighted by atomic mass is 10.1. The number of nitrogens with zero attached hydrogens (tertiary/aromatic N) is 4. The molecule has 2 aliphatic heterocycles. The van der Waals surface area contributed by atoms with Crippen molar-refractivity contribution in [1.82, 2.24) is 19.8 Å². The zero-order valence-electron chi connectivity index (χ0n) is 13.8. The molecule has 4 rings (SSSR count). The second-order valence-electron chi connectivity index (χ2n) is 6.45. The number of anilines is 2.